The Balaban J connectivity index is 2.61. The molecule has 18 heavy (non-hydrogen) atoms. The largest absolute Gasteiger partial charge is 0.309 e. The van der Waals surface area contributed by atoms with Crippen LogP contribution in [0.2, 0.25) is 0 Å². The smallest absolute Gasteiger partial charge is 0.151 e. The van der Waals surface area contributed by atoms with Gasteiger partial charge in [0.25, 0.3) is 0 Å². The zero-order valence-corrected chi connectivity index (χ0v) is 11.6. The summed E-state index contributed by atoms with van der Waals surface area (Å²) in [5.41, 5.74) is 0.592. The highest BCUT2D eigenvalue weighted by molar-refractivity contribution is 7.91. The topological polar surface area (TPSA) is 46.2 Å². The van der Waals surface area contributed by atoms with Crippen LogP contribution in [0.1, 0.15) is 31.9 Å². The monoisotopic (exact) mass is 273 g/mol. The lowest BCUT2D eigenvalue weighted by Gasteiger charge is -2.17. The third-order valence-electron chi connectivity index (χ3n) is 2.93. The van der Waals surface area contributed by atoms with Gasteiger partial charge < -0.3 is 5.32 Å². The average Bonchev–Trinajstić information content (AvgIpc) is 2.36. The highest BCUT2D eigenvalue weighted by Crippen LogP contribution is 2.19. The summed E-state index contributed by atoms with van der Waals surface area (Å²) in [6.45, 7) is 3.92. The van der Waals surface area contributed by atoms with Crippen molar-refractivity contribution in [3.63, 3.8) is 0 Å². The Morgan fingerprint density at radius 2 is 1.94 bits per heavy atom. The van der Waals surface area contributed by atoms with Gasteiger partial charge in [0.2, 0.25) is 0 Å². The number of rotatable bonds is 7. The number of halogens is 1. The third-order valence-corrected chi connectivity index (χ3v) is 4.64. The minimum Gasteiger partial charge on any atom is -0.309 e. The first-order valence-corrected chi connectivity index (χ1v) is 8.00. The van der Waals surface area contributed by atoms with Gasteiger partial charge in [0.05, 0.1) is 5.75 Å². The van der Waals surface area contributed by atoms with Crippen molar-refractivity contribution in [3.8, 4) is 0 Å². The van der Waals surface area contributed by atoms with E-state index < -0.39 is 9.84 Å². The Labute approximate surface area is 108 Å². The van der Waals surface area contributed by atoms with Crippen LogP contribution in [0.4, 0.5) is 4.39 Å². The van der Waals surface area contributed by atoms with Crippen LogP contribution in [0.3, 0.4) is 0 Å². The lowest BCUT2D eigenvalue weighted by Crippen LogP contribution is -2.28. The van der Waals surface area contributed by atoms with Crippen molar-refractivity contribution in [2.45, 2.75) is 26.3 Å². The van der Waals surface area contributed by atoms with E-state index in [2.05, 4.69) is 5.32 Å². The minimum absolute atomic E-state index is 0.0917. The Bertz CT molecular complexity index is 474. The maximum Gasteiger partial charge on any atom is 0.151 e. The van der Waals surface area contributed by atoms with Crippen LogP contribution in [-0.4, -0.2) is 26.5 Å². The van der Waals surface area contributed by atoms with Crippen molar-refractivity contribution in [2.24, 2.45) is 0 Å². The molecule has 1 rings (SSSR count). The van der Waals surface area contributed by atoms with E-state index in [0.29, 0.717) is 18.5 Å². The zero-order valence-electron chi connectivity index (χ0n) is 10.8. The van der Waals surface area contributed by atoms with Crippen LogP contribution in [0, 0.1) is 5.82 Å². The predicted octanol–water partition coefficient (Wildman–Crippen LogP) is 2.30. The molecule has 5 heteroatoms. The van der Waals surface area contributed by atoms with Gasteiger partial charge in [-0.2, -0.15) is 0 Å². The number of nitrogens with one attached hydrogen (secondary N) is 1. The highest BCUT2D eigenvalue weighted by atomic mass is 32.2. The van der Waals surface area contributed by atoms with Gasteiger partial charge in [0.1, 0.15) is 5.82 Å². The fraction of sp³-hybridized carbons (Fsp3) is 0.538. The van der Waals surface area contributed by atoms with Crippen molar-refractivity contribution in [1.29, 1.82) is 0 Å². The Hall–Kier alpha value is -0.940. The quantitative estimate of drug-likeness (QED) is 0.829. The van der Waals surface area contributed by atoms with Gasteiger partial charge in [-0.3, -0.25) is 0 Å². The molecule has 0 aliphatic heterocycles. The van der Waals surface area contributed by atoms with Gasteiger partial charge in [0, 0.05) is 23.9 Å². The van der Waals surface area contributed by atoms with Gasteiger partial charge in [-0.1, -0.05) is 32.0 Å². The van der Waals surface area contributed by atoms with Gasteiger partial charge in [-0.05, 0) is 12.5 Å². The molecule has 1 atom stereocenters. The molecule has 0 saturated carbocycles. The van der Waals surface area contributed by atoms with Crippen molar-refractivity contribution >= 4 is 9.84 Å². The van der Waals surface area contributed by atoms with Crippen LogP contribution in [0.25, 0.3) is 0 Å². The molecule has 0 spiro atoms. The Morgan fingerprint density at radius 3 is 2.50 bits per heavy atom. The van der Waals surface area contributed by atoms with Crippen molar-refractivity contribution in [1.82, 2.24) is 5.32 Å². The molecule has 0 aliphatic carbocycles. The maximum atomic E-state index is 13.6. The SMILES string of the molecule is CCC(NCCS(=O)(=O)CC)c1ccccc1F. The van der Waals surface area contributed by atoms with Crippen molar-refractivity contribution < 1.29 is 12.8 Å². The van der Waals surface area contributed by atoms with Crippen LogP contribution >= 0.6 is 0 Å². The summed E-state index contributed by atoms with van der Waals surface area (Å²) in [5.74, 6) is -0.0187. The first-order valence-electron chi connectivity index (χ1n) is 6.18. The molecule has 0 radical (unpaired) electrons. The molecule has 0 amide bonds. The molecule has 0 bridgehead atoms. The van der Waals surface area contributed by atoms with E-state index in [1.807, 2.05) is 6.92 Å². The molecule has 102 valence electrons. The molecule has 0 heterocycles. The summed E-state index contributed by atoms with van der Waals surface area (Å²) in [5, 5.41) is 3.10. The van der Waals surface area contributed by atoms with E-state index in [1.165, 1.54) is 6.07 Å². The Morgan fingerprint density at radius 1 is 1.28 bits per heavy atom. The number of hydrogen-bond donors (Lipinski definition) is 1. The second kappa shape index (κ2) is 6.85. The molecule has 3 nitrogen and oxygen atoms in total. The number of sulfone groups is 1. The molecule has 0 saturated heterocycles. The van der Waals surface area contributed by atoms with Gasteiger partial charge in [0.15, 0.2) is 9.84 Å². The van der Waals surface area contributed by atoms with Crippen molar-refractivity contribution in [2.75, 3.05) is 18.1 Å². The molecule has 0 fully saturated rings. The summed E-state index contributed by atoms with van der Waals surface area (Å²) in [7, 11) is -2.97. The number of hydrogen-bond acceptors (Lipinski definition) is 3. The fourth-order valence-corrected chi connectivity index (χ4v) is 2.48. The number of benzene rings is 1. The van der Waals surface area contributed by atoms with Crippen LogP contribution in [0.5, 0.6) is 0 Å². The molecule has 1 unspecified atom stereocenters. The normalized spacial score (nSPS) is 13.5. The summed E-state index contributed by atoms with van der Waals surface area (Å²) >= 11 is 0. The molecular weight excluding hydrogens is 253 g/mol. The lowest BCUT2D eigenvalue weighted by molar-refractivity contribution is 0.499. The van der Waals surface area contributed by atoms with E-state index >= 15 is 0 Å². The Kier molecular flexibility index (Phi) is 5.75. The van der Waals surface area contributed by atoms with Gasteiger partial charge in [-0.15, -0.1) is 0 Å². The average molecular weight is 273 g/mol. The van der Waals surface area contributed by atoms with Gasteiger partial charge in [-0.25, -0.2) is 12.8 Å². The minimum atomic E-state index is -2.97. The predicted molar refractivity (Wildman–Crippen MR) is 71.8 cm³/mol. The lowest BCUT2D eigenvalue weighted by atomic mass is 10.0. The summed E-state index contributed by atoms with van der Waals surface area (Å²) < 4.78 is 36.3. The zero-order chi connectivity index (χ0) is 13.6. The van der Waals surface area contributed by atoms with Gasteiger partial charge >= 0.3 is 0 Å². The second-order valence-electron chi connectivity index (χ2n) is 4.17. The van der Waals surface area contributed by atoms with E-state index in [4.69, 9.17) is 0 Å². The maximum absolute atomic E-state index is 13.6. The molecule has 1 aromatic rings. The van der Waals surface area contributed by atoms with Crippen LogP contribution < -0.4 is 5.32 Å². The van der Waals surface area contributed by atoms with Crippen LogP contribution in [-0.2, 0) is 9.84 Å². The molecule has 0 aromatic heterocycles. The summed E-state index contributed by atoms with van der Waals surface area (Å²) in [4.78, 5) is 0. The fourth-order valence-electron chi connectivity index (χ4n) is 1.76. The first kappa shape index (κ1) is 15.1. The van der Waals surface area contributed by atoms with E-state index in [9.17, 15) is 12.8 Å². The van der Waals surface area contributed by atoms with E-state index in [0.717, 1.165) is 0 Å². The third kappa shape index (κ3) is 4.38. The summed E-state index contributed by atoms with van der Waals surface area (Å²) in [6, 6.07) is 6.43. The molecular formula is C13H20FNO2S. The van der Waals surface area contributed by atoms with E-state index in [-0.39, 0.29) is 23.4 Å². The standard InChI is InChI=1S/C13H20FNO2S/c1-3-13(11-7-5-6-8-12(11)14)15-9-10-18(16,17)4-2/h5-8,13,15H,3-4,9-10H2,1-2H3. The molecule has 0 aliphatic rings. The van der Waals surface area contributed by atoms with E-state index in [1.54, 1.807) is 25.1 Å². The summed E-state index contributed by atoms with van der Waals surface area (Å²) in [6.07, 6.45) is 0.715. The van der Waals surface area contributed by atoms with Crippen LogP contribution in [0.15, 0.2) is 24.3 Å². The van der Waals surface area contributed by atoms with Crippen molar-refractivity contribution in [3.05, 3.63) is 35.6 Å². The molecule has 1 aromatic carbocycles. The second-order valence-corrected chi connectivity index (χ2v) is 6.65. The molecule has 1 N–H and O–H groups in total. The first-order chi connectivity index (χ1) is 8.50. The highest BCUT2D eigenvalue weighted by Gasteiger charge is 2.14.